The zero-order valence-corrected chi connectivity index (χ0v) is 10.4. The van der Waals surface area contributed by atoms with Crippen LogP contribution in [0, 0.1) is 12.3 Å². The first-order chi connectivity index (χ1) is 9.24. The van der Waals surface area contributed by atoms with Gasteiger partial charge in [-0.2, -0.15) is 13.2 Å². The molecule has 0 aromatic heterocycles. The first kappa shape index (κ1) is 17.9. The van der Waals surface area contributed by atoms with E-state index < -0.39 is 23.8 Å². The van der Waals surface area contributed by atoms with E-state index in [9.17, 15) is 18.0 Å². The SMILES string of the molecule is C#Cc1cc(Cl)c2c(c1)C=C(C(=O)O)[C@@H](C(F)(F)F)O2.[NaH]. The monoisotopic (exact) mass is 326 g/mol. The van der Waals surface area contributed by atoms with Crippen molar-refractivity contribution < 1.29 is 27.8 Å². The fraction of sp³-hybridized carbons (Fsp3) is 0.154. The van der Waals surface area contributed by atoms with Crippen LogP contribution in [-0.2, 0) is 4.79 Å². The standard InChI is InChI=1S/C13H6ClF3O3.Na.H/c1-2-6-3-7-5-8(12(18)19)11(13(15,16)17)20-10(7)9(14)4-6;;/h1,3-5,11H,(H,18,19);;/t11-;;/m0../s1. The van der Waals surface area contributed by atoms with E-state index >= 15 is 0 Å². The zero-order chi connectivity index (χ0) is 15.1. The minimum absolute atomic E-state index is 0. The van der Waals surface area contributed by atoms with E-state index in [1.54, 1.807) is 0 Å². The number of fused-ring (bicyclic) bond motifs is 1. The summed E-state index contributed by atoms with van der Waals surface area (Å²) in [5.74, 6) is 0.305. The Labute approximate surface area is 145 Å². The van der Waals surface area contributed by atoms with Crippen molar-refractivity contribution in [2.45, 2.75) is 12.3 Å². The summed E-state index contributed by atoms with van der Waals surface area (Å²) in [4.78, 5) is 10.9. The first-order valence-corrected chi connectivity index (χ1v) is 5.60. The number of carbonyl (C=O) groups is 1. The van der Waals surface area contributed by atoms with Crippen molar-refractivity contribution in [1.29, 1.82) is 0 Å². The maximum atomic E-state index is 12.8. The topological polar surface area (TPSA) is 46.5 Å². The molecule has 1 aromatic carbocycles. The van der Waals surface area contributed by atoms with Gasteiger partial charge in [-0.05, 0) is 18.2 Å². The Morgan fingerprint density at radius 2 is 2.05 bits per heavy atom. The van der Waals surface area contributed by atoms with Crippen molar-refractivity contribution in [2.75, 3.05) is 0 Å². The van der Waals surface area contributed by atoms with Crippen LogP contribution in [0.5, 0.6) is 5.75 Å². The molecular formula is C13H7ClF3NaO3. The Balaban J connectivity index is 0.00000220. The molecule has 0 aliphatic carbocycles. The summed E-state index contributed by atoms with van der Waals surface area (Å²) in [5.41, 5.74) is -0.512. The normalized spacial score (nSPS) is 16.7. The molecule has 1 N–H and O–H groups in total. The molecule has 21 heavy (non-hydrogen) atoms. The van der Waals surface area contributed by atoms with Gasteiger partial charge < -0.3 is 9.84 Å². The minimum atomic E-state index is -4.87. The molecule has 0 unspecified atom stereocenters. The number of carboxylic acids is 1. The van der Waals surface area contributed by atoms with Crippen molar-refractivity contribution in [1.82, 2.24) is 0 Å². The number of ether oxygens (including phenoxy) is 1. The van der Waals surface area contributed by atoms with E-state index in [1.807, 2.05) is 0 Å². The second kappa shape index (κ2) is 6.32. The molecule has 1 heterocycles. The molecule has 0 radical (unpaired) electrons. The molecule has 0 spiro atoms. The Bertz CT molecular complexity index is 662. The van der Waals surface area contributed by atoms with E-state index in [2.05, 4.69) is 5.92 Å². The number of hydrogen-bond donors (Lipinski definition) is 1. The number of hydrogen-bond acceptors (Lipinski definition) is 2. The van der Waals surface area contributed by atoms with Gasteiger partial charge in [-0.25, -0.2) is 4.79 Å². The summed E-state index contributed by atoms with van der Waals surface area (Å²) in [6.45, 7) is 0. The van der Waals surface area contributed by atoms with E-state index in [-0.39, 0.29) is 45.9 Å². The number of alkyl halides is 3. The van der Waals surface area contributed by atoms with Gasteiger partial charge in [0.05, 0.1) is 10.6 Å². The second-order valence-corrected chi connectivity index (χ2v) is 4.37. The Morgan fingerprint density at radius 1 is 1.43 bits per heavy atom. The van der Waals surface area contributed by atoms with Crippen LogP contribution in [-0.4, -0.2) is 52.9 Å². The van der Waals surface area contributed by atoms with Gasteiger partial charge in [0.25, 0.3) is 0 Å². The van der Waals surface area contributed by atoms with Gasteiger partial charge in [0.15, 0.2) is 0 Å². The molecule has 0 saturated heterocycles. The van der Waals surface area contributed by atoms with Crippen molar-refractivity contribution in [2.24, 2.45) is 0 Å². The van der Waals surface area contributed by atoms with E-state index in [0.717, 1.165) is 6.08 Å². The summed E-state index contributed by atoms with van der Waals surface area (Å²) in [6, 6.07) is 2.60. The van der Waals surface area contributed by atoms with Crippen molar-refractivity contribution in [3.05, 3.63) is 33.9 Å². The molecule has 2 rings (SSSR count). The quantitative estimate of drug-likeness (QED) is 0.637. The number of terminal acetylenes is 1. The van der Waals surface area contributed by atoms with Crippen LogP contribution >= 0.6 is 11.6 Å². The third kappa shape index (κ3) is 3.55. The molecule has 3 nitrogen and oxygen atoms in total. The molecule has 0 fully saturated rings. The van der Waals surface area contributed by atoms with Crippen LogP contribution in [0.1, 0.15) is 11.1 Å². The van der Waals surface area contributed by atoms with Crippen LogP contribution < -0.4 is 4.74 Å². The maximum absolute atomic E-state index is 12.8. The van der Waals surface area contributed by atoms with Gasteiger partial charge in [-0.3, -0.25) is 0 Å². The molecular weight excluding hydrogens is 320 g/mol. The van der Waals surface area contributed by atoms with Gasteiger partial charge in [-0.15, -0.1) is 6.42 Å². The van der Waals surface area contributed by atoms with Gasteiger partial charge >= 0.3 is 41.7 Å². The average molecular weight is 327 g/mol. The van der Waals surface area contributed by atoms with E-state index in [1.165, 1.54) is 12.1 Å². The van der Waals surface area contributed by atoms with Crippen LogP contribution in [0.3, 0.4) is 0 Å². The van der Waals surface area contributed by atoms with E-state index in [0.29, 0.717) is 5.56 Å². The average Bonchev–Trinajstić information content (AvgIpc) is 2.35. The summed E-state index contributed by atoms with van der Waals surface area (Å²) < 4.78 is 43.2. The molecule has 8 heteroatoms. The first-order valence-electron chi connectivity index (χ1n) is 5.22. The van der Waals surface area contributed by atoms with Crippen LogP contribution in [0.15, 0.2) is 17.7 Å². The summed E-state index contributed by atoms with van der Waals surface area (Å²) in [7, 11) is 0. The Kier molecular flexibility index (Phi) is 5.40. The van der Waals surface area contributed by atoms with Crippen molar-refractivity contribution >= 4 is 53.2 Å². The number of rotatable bonds is 1. The number of halogens is 4. The van der Waals surface area contributed by atoms with Gasteiger partial charge in [0.2, 0.25) is 6.10 Å². The third-order valence-electron chi connectivity index (χ3n) is 2.61. The predicted molar refractivity (Wildman–Crippen MR) is 72.6 cm³/mol. The molecule has 1 atom stereocenters. The molecule has 106 valence electrons. The molecule has 1 aromatic rings. The van der Waals surface area contributed by atoms with Crippen LogP contribution in [0.4, 0.5) is 13.2 Å². The molecule has 1 aliphatic rings. The van der Waals surface area contributed by atoms with Crippen molar-refractivity contribution in [3.8, 4) is 18.1 Å². The van der Waals surface area contributed by atoms with Gasteiger partial charge in [-0.1, -0.05) is 17.5 Å². The Hall–Kier alpha value is -1.13. The summed E-state index contributed by atoms with van der Waals surface area (Å²) >= 11 is 5.80. The number of benzene rings is 1. The van der Waals surface area contributed by atoms with Gasteiger partial charge in [0, 0.05) is 11.1 Å². The zero-order valence-electron chi connectivity index (χ0n) is 9.66. The molecule has 1 aliphatic heterocycles. The summed E-state index contributed by atoms with van der Waals surface area (Å²) in [6.07, 6.45) is -1.39. The predicted octanol–water partition coefficient (Wildman–Crippen LogP) is 2.46. The Morgan fingerprint density at radius 3 is 2.52 bits per heavy atom. The number of aliphatic carboxylic acids is 1. The fourth-order valence-electron chi connectivity index (χ4n) is 1.77. The second-order valence-electron chi connectivity index (χ2n) is 3.97. The summed E-state index contributed by atoms with van der Waals surface area (Å²) in [5, 5.41) is 8.77. The van der Waals surface area contributed by atoms with Crippen molar-refractivity contribution in [3.63, 3.8) is 0 Å². The molecule has 0 bridgehead atoms. The number of carboxylic acid groups (broad SMARTS) is 1. The van der Waals surface area contributed by atoms with Crippen LogP contribution in [0.2, 0.25) is 5.02 Å². The molecule has 0 saturated carbocycles. The van der Waals surface area contributed by atoms with Crippen LogP contribution in [0.25, 0.3) is 6.08 Å². The van der Waals surface area contributed by atoms with Gasteiger partial charge in [0.1, 0.15) is 5.75 Å². The third-order valence-corrected chi connectivity index (χ3v) is 2.89. The van der Waals surface area contributed by atoms with E-state index in [4.69, 9.17) is 27.9 Å². The fourth-order valence-corrected chi connectivity index (χ4v) is 2.04. The molecule has 0 amide bonds.